The third-order valence-corrected chi connectivity index (χ3v) is 4.32. The maximum absolute atomic E-state index is 12.1. The SMILES string of the molecule is CCOC(=O)C1CCC(NC(=O)C2CCCCN2)CC1. The molecular weight excluding hydrogens is 256 g/mol. The Kier molecular flexibility index (Phi) is 5.83. The molecule has 1 aliphatic heterocycles. The van der Waals surface area contributed by atoms with E-state index in [4.69, 9.17) is 4.74 Å². The molecule has 0 aromatic carbocycles. The number of carbonyl (C=O) groups excluding carboxylic acids is 2. The van der Waals surface area contributed by atoms with E-state index in [1.165, 1.54) is 0 Å². The summed E-state index contributed by atoms with van der Waals surface area (Å²) < 4.78 is 5.06. The molecule has 5 heteroatoms. The number of esters is 1. The predicted molar refractivity (Wildman–Crippen MR) is 76.2 cm³/mol. The second-order valence-corrected chi connectivity index (χ2v) is 5.81. The van der Waals surface area contributed by atoms with Crippen molar-refractivity contribution in [3.05, 3.63) is 0 Å². The molecule has 0 bridgehead atoms. The highest BCUT2D eigenvalue weighted by Gasteiger charge is 2.29. The van der Waals surface area contributed by atoms with Gasteiger partial charge in [0.25, 0.3) is 0 Å². The number of ether oxygens (including phenoxy) is 1. The molecule has 114 valence electrons. The molecule has 1 unspecified atom stereocenters. The Bertz CT molecular complexity index is 332. The van der Waals surface area contributed by atoms with Gasteiger partial charge >= 0.3 is 5.97 Å². The minimum atomic E-state index is -0.0776. The smallest absolute Gasteiger partial charge is 0.308 e. The summed E-state index contributed by atoms with van der Waals surface area (Å²) in [5, 5.41) is 6.39. The predicted octanol–water partition coefficient (Wildman–Crippen LogP) is 1.37. The van der Waals surface area contributed by atoms with Gasteiger partial charge in [-0.3, -0.25) is 9.59 Å². The Hall–Kier alpha value is -1.10. The summed E-state index contributed by atoms with van der Waals surface area (Å²) in [6, 6.07) is 0.198. The van der Waals surface area contributed by atoms with Crippen LogP contribution < -0.4 is 10.6 Å². The largest absolute Gasteiger partial charge is 0.466 e. The summed E-state index contributed by atoms with van der Waals surface area (Å²) >= 11 is 0. The van der Waals surface area contributed by atoms with Crippen LogP contribution in [0.2, 0.25) is 0 Å². The van der Waals surface area contributed by atoms with Crippen molar-refractivity contribution < 1.29 is 14.3 Å². The summed E-state index contributed by atoms with van der Waals surface area (Å²) in [4.78, 5) is 23.8. The third kappa shape index (κ3) is 4.20. The maximum Gasteiger partial charge on any atom is 0.308 e. The van der Waals surface area contributed by atoms with E-state index in [1.54, 1.807) is 0 Å². The van der Waals surface area contributed by atoms with Crippen molar-refractivity contribution >= 4 is 11.9 Å². The van der Waals surface area contributed by atoms with Crippen LogP contribution in [-0.4, -0.2) is 37.1 Å². The molecule has 2 aliphatic rings. The monoisotopic (exact) mass is 282 g/mol. The van der Waals surface area contributed by atoms with Crippen LogP contribution in [0.25, 0.3) is 0 Å². The molecular formula is C15H26N2O3. The lowest BCUT2D eigenvalue weighted by atomic mass is 9.86. The first-order valence-electron chi connectivity index (χ1n) is 7.91. The Morgan fingerprint density at radius 1 is 1.15 bits per heavy atom. The van der Waals surface area contributed by atoms with E-state index >= 15 is 0 Å². The molecule has 0 radical (unpaired) electrons. The van der Waals surface area contributed by atoms with Gasteiger partial charge in [0.05, 0.1) is 18.6 Å². The number of carbonyl (C=O) groups is 2. The van der Waals surface area contributed by atoms with Gasteiger partial charge in [-0.25, -0.2) is 0 Å². The molecule has 0 spiro atoms. The third-order valence-electron chi connectivity index (χ3n) is 4.32. The lowest BCUT2D eigenvalue weighted by Crippen LogP contribution is -2.50. The Balaban J connectivity index is 1.71. The van der Waals surface area contributed by atoms with Gasteiger partial charge in [0.15, 0.2) is 0 Å². The molecule has 5 nitrogen and oxygen atoms in total. The van der Waals surface area contributed by atoms with Crippen molar-refractivity contribution in [3.63, 3.8) is 0 Å². The molecule has 2 rings (SSSR count). The van der Waals surface area contributed by atoms with Gasteiger partial charge in [0, 0.05) is 6.04 Å². The number of hydrogen-bond acceptors (Lipinski definition) is 4. The molecule has 20 heavy (non-hydrogen) atoms. The number of piperidine rings is 1. The summed E-state index contributed by atoms with van der Waals surface area (Å²) in [6.07, 6.45) is 6.62. The fraction of sp³-hybridized carbons (Fsp3) is 0.867. The molecule has 2 N–H and O–H groups in total. The Morgan fingerprint density at radius 3 is 2.50 bits per heavy atom. The minimum absolute atomic E-state index is 0.0217. The van der Waals surface area contributed by atoms with Gasteiger partial charge < -0.3 is 15.4 Å². The molecule has 1 amide bonds. The van der Waals surface area contributed by atoms with Gasteiger partial charge in [-0.1, -0.05) is 6.42 Å². The van der Waals surface area contributed by atoms with Crippen LogP contribution in [0.5, 0.6) is 0 Å². The van der Waals surface area contributed by atoms with Crippen LogP contribution in [-0.2, 0) is 14.3 Å². The molecule has 1 saturated carbocycles. The Morgan fingerprint density at radius 2 is 1.90 bits per heavy atom. The number of nitrogens with one attached hydrogen (secondary N) is 2. The van der Waals surface area contributed by atoms with E-state index in [0.29, 0.717) is 6.61 Å². The molecule has 0 aromatic heterocycles. The lowest BCUT2D eigenvalue weighted by Gasteiger charge is -2.30. The number of hydrogen-bond donors (Lipinski definition) is 2. The van der Waals surface area contributed by atoms with Crippen molar-refractivity contribution in [2.75, 3.05) is 13.2 Å². The molecule has 1 heterocycles. The fourth-order valence-corrected chi connectivity index (χ4v) is 3.11. The number of rotatable bonds is 4. The lowest BCUT2D eigenvalue weighted by molar-refractivity contribution is -0.149. The van der Waals surface area contributed by atoms with Crippen LogP contribution >= 0.6 is 0 Å². The van der Waals surface area contributed by atoms with E-state index in [9.17, 15) is 9.59 Å². The van der Waals surface area contributed by atoms with E-state index in [1.807, 2.05) is 6.92 Å². The van der Waals surface area contributed by atoms with E-state index < -0.39 is 0 Å². The van der Waals surface area contributed by atoms with Crippen LogP contribution in [0.1, 0.15) is 51.9 Å². The molecule has 1 saturated heterocycles. The first kappa shape index (κ1) is 15.3. The van der Waals surface area contributed by atoms with Gasteiger partial charge in [-0.15, -0.1) is 0 Å². The zero-order valence-corrected chi connectivity index (χ0v) is 12.3. The van der Waals surface area contributed by atoms with Crippen LogP contribution in [0.4, 0.5) is 0 Å². The summed E-state index contributed by atoms with van der Waals surface area (Å²) in [5.41, 5.74) is 0. The average molecular weight is 282 g/mol. The highest BCUT2D eigenvalue weighted by Crippen LogP contribution is 2.25. The van der Waals surface area contributed by atoms with Crippen molar-refractivity contribution in [1.29, 1.82) is 0 Å². The average Bonchev–Trinajstić information content (AvgIpc) is 2.49. The maximum atomic E-state index is 12.1. The highest BCUT2D eigenvalue weighted by molar-refractivity contribution is 5.82. The standard InChI is InChI=1S/C15H26N2O3/c1-2-20-15(19)11-6-8-12(9-7-11)17-14(18)13-5-3-4-10-16-13/h11-13,16H,2-10H2,1H3,(H,17,18). The van der Waals surface area contributed by atoms with Crippen LogP contribution in [0.15, 0.2) is 0 Å². The molecule has 1 aliphatic carbocycles. The van der Waals surface area contributed by atoms with E-state index in [-0.39, 0.29) is 29.9 Å². The van der Waals surface area contributed by atoms with Crippen molar-refractivity contribution in [2.24, 2.45) is 5.92 Å². The van der Waals surface area contributed by atoms with Crippen molar-refractivity contribution in [2.45, 2.75) is 64.0 Å². The molecule has 0 aromatic rings. The summed E-state index contributed by atoms with van der Waals surface area (Å²) in [7, 11) is 0. The first-order chi connectivity index (χ1) is 9.70. The number of amides is 1. The zero-order chi connectivity index (χ0) is 14.4. The van der Waals surface area contributed by atoms with E-state index in [2.05, 4.69) is 10.6 Å². The van der Waals surface area contributed by atoms with Gasteiger partial charge in [-0.2, -0.15) is 0 Å². The second kappa shape index (κ2) is 7.62. The topological polar surface area (TPSA) is 67.4 Å². The highest BCUT2D eigenvalue weighted by atomic mass is 16.5. The minimum Gasteiger partial charge on any atom is -0.466 e. The quantitative estimate of drug-likeness (QED) is 0.764. The summed E-state index contributed by atoms with van der Waals surface area (Å²) in [5.74, 6) is 0.0754. The van der Waals surface area contributed by atoms with Gasteiger partial charge in [-0.05, 0) is 52.0 Å². The van der Waals surface area contributed by atoms with Gasteiger partial charge in [0.2, 0.25) is 5.91 Å². The van der Waals surface area contributed by atoms with Crippen LogP contribution in [0, 0.1) is 5.92 Å². The fourth-order valence-electron chi connectivity index (χ4n) is 3.11. The summed E-state index contributed by atoms with van der Waals surface area (Å²) in [6.45, 7) is 3.22. The molecule has 2 fully saturated rings. The molecule has 1 atom stereocenters. The van der Waals surface area contributed by atoms with Crippen molar-refractivity contribution in [1.82, 2.24) is 10.6 Å². The van der Waals surface area contributed by atoms with Gasteiger partial charge in [0.1, 0.15) is 0 Å². The zero-order valence-electron chi connectivity index (χ0n) is 12.3. The van der Waals surface area contributed by atoms with Crippen LogP contribution in [0.3, 0.4) is 0 Å². The normalized spacial score (nSPS) is 30.6. The second-order valence-electron chi connectivity index (χ2n) is 5.81. The Labute approximate surface area is 120 Å². The van der Waals surface area contributed by atoms with E-state index in [0.717, 1.165) is 51.5 Å². The first-order valence-corrected chi connectivity index (χ1v) is 7.91. The van der Waals surface area contributed by atoms with Crippen molar-refractivity contribution in [3.8, 4) is 0 Å².